The summed E-state index contributed by atoms with van der Waals surface area (Å²) in [6, 6.07) is 5.57. The van der Waals surface area contributed by atoms with Crippen molar-refractivity contribution in [3.63, 3.8) is 0 Å². The first-order valence-electron chi connectivity index (χ1n) is 22.6. The molecule has 0 bridgehead atoms. The molecule has 0 atom stereocenters. The molecule has 1 aliphatic carbocycles. The predicted octanol–water partition coefficient (Wildman–Crippen LogP) is 13.4. The number of aliphatic hydroxyl groups is 1. The second kappa shape index (κ2) is 16.0. The number of nitrogens with zero attached hydrogens (tertiary/aromatic N) is 1. The van der Waals surface area contributed by atoms with Gasteiger partial charge < -0.3 is 9.52 Å². The van der Waals surface area contributed by atoms with Gasteiger partial charge in [0.05, 0.1) is 9.87 Å². The molecule has 3 aromatic carbocycles. The Hall–Kier alpha value is -3.27. The first kappa shape index (κ1) is 31.1. The average Bonchev–Trinajstić information content (AvgIpc) is 3.54. The summed E-state index contributed by atoms with van der Waals surface area (Å²) in [5, 5.41) is 11.3. The third-order valence-electron chi connectivity index (χ3n) is 10.9. The number of hydrogen-bond acceptors (Lipinski definition) is 4. The molecule has 1 N–H and O–H groups in total. The molecule has 1 aliphatic rings. The van der Waals surface area contributed by atoms with Gasteiger partial charge in [-0.1, -0.05) is 111 Å². The van der Waals surface area contributed by atoms with Gasteiger partial charge in [-0.05, 0) is 78.8 Å². The zero-order chi connectivity index (χ0) is 44.3. The van der Waals surface area contributed by atoms with Crippen molar-refractivity contribution in [3.05, 3.63) is 88.7 Å². The smallest absolute Gasteiger partial charge is 0.162 e. The third-order valence-corrected chi connectivity index (χ3v) is 10.9. The fraction of sp³-hybridized carbons (Fsp3) is 0.489. The summed E-state index contributed by atoms with van der Waals surface area (Å²) in [4.78, 5) is 16.4. The van der Waals surface area contributed by atoms with Crippen molar-refractivity contribution in [1.82, 2.24) is 4.98 Å². The van der Waals surface area contributed by atoms with Crippen molar-refractivity contribution in [2.45, 2.75) is 138 Å². The number of hydrogen-bond donors (Lipinski definition) is 1. The number of benzene rings is 3. The van der Waals surface area contributed by atoms with Gasteiger partial charge in [0.25, 0.3) is 0 Å². The van der Waals surface area contributed by atoms with E-state index in [0.29, 0.717) is 27.5 Å². The largest absolute Gasteiger partial charge is 0.512 e. The number of rotatable bonds is 8. The Bertz CT molecular complexity index is 2470. The van der Waals surface area contributed by atoms with Gasteiger partial charge in [0.2, 0.25) is 0 Å². The van der Waals surface area contributed by atoms with Crippen LogP contribution >= 0.6 is 0 Å². The molecule has 0 spiro atoms. The Morgan fingerprint density at radius 3 is 2.25 bits per heavy atom. The van der Waals surface area contributed by atoms with Crippen LogP contribution in [0.3, 0.4) is 0 Å². The SMILES string of the molecule is CCC(CC)C(=O)/C=C(\O)C(CC)CC.[2H]c1c([2H])c([2H])c2c(C(C)(C)C)c([2H])c(-c3nccc4c3oc3c5c(cc(C([2H])([2H])[2H])c34)C(C)(C)CCC5(C)C)[c-]c2c1[2H].[Ir]. The van der Waals surface area contributed by atoms with Crippen molar-refractivity contribution in [2.75, 3.05) is 0 Å². The molecule has 5 aromatic rings. The number of fused-ring (bicyclic) bond motifs is 6. The van der Waals surface area contributed by atoms with E-state index < -0.39 is 12.3 Å². The van der Waals surface area contributed by atoms with E-state index in [9.17, 15) is 11.3 Å². The Balaban J connectivity index is 0.000000425. The van der Waals surface area contributed by atoms with E-state index >= 15 is 0 Å². The molecule has 2 heterocycles. The summed E-state index contributed by atoms with van der Waals surface area (Å²) < 4.78 is 75.6. The molecule has 0 saturated carbocycles. The van der Waals surface area contributed by atoms with Gasteiger partial charge in [0, 0.05) is 73.1 Å². The summed E-state index contributed by atoms with van der Waals surface area (Å²) in [6.45, 7) is 19.9. The van der Waals surface area contributed by atoms with Crippen LogP contribution in [0.2, 0.25) is 0 Å². The second-order valence-electron chi connectivity index (χ2n) is 16.5. The molecular formula is C47H60IrNO3-. The van der Waals surface area contributed by atoms with Crippen molar-refractivity contribution in [1.29, 1.82) is 0 Å². The zero-order valence-electron chi connectivity index (χ0n) is 40.8. The van der Waals surface area contributed by atoms with Gasteiger partial charge in [0.15, 0.2) is 5.78 Å². The molecule has 0 saturated heterocycles. The van der Waals surface area contributed by atoms with Crippen LogP contribution in [0.1, 0.15) is 148 Å². The summed E-state index contributed by atoms with van der Waals surface area (Å²) in [6.07, 6.45) is 8.28. The first-order valence-corrected chi connectivity index (χ1v) is 18.6. The van der Waals surface area contributed by atoms with E-state index in [1.54, 1.807) is 12.3 Å². The number of carbonyl (C=O) groups is 1. The molecule has 1 radical (unpaired) electrons. The van der Waals surface area contributed by atoms with E-state index in [0.717, 1.165) is 49.7 Å². The summed E-state index contributed by atoms with van der Waals surface area (Å²) in [5.41, 5.74) is 2.76. The molecule has 0 unspecified atom stereocenters. The van der Waals surface area contributed by atoms with Crippen LogP contribution in [-0.4, -0.2) is 15.9 Å². The number of allylic oxidation sites excluding steroid dienone is 2. The quantitative estimate of drug-likeness (QED) is 0.0958. The first-order chi connectivity index (χ1) is 27.3. The van der Waals surface area contributed by atoms with E-state index in [4.69, 9.17) is 14.0 Å². The number of aliphatic hydroxyl groups excluding tert-OH is 1. The third kappa shape index (κ3) is 7.97. The molecule has 0 amide bonds. The molecule has 2 aromatic heterocycles. The van der Waals surface area contributed by atoms with Crippen LogP contribution in [0.15, 0.2) is 64.8 Å². The van der Waals surface area contributed by atoms with E-state index in [2.05, 4.69) is 38.7 Å². The van der Waals surface area contributed by atoms with Gasteiger partial charge in [-0.25, -0.2) is 0 Å². The number of aromatic nitrogens is 1. The molecule has 281 valence electrons. The topological polar surface area (TPSA) is 63.3 Å². The summed E-state index contributed by atoms with van der Waals surface area (Å²) in [5.74, 6) is 0.547. The van der Waals surface area contributed by atoms with Gasteiger partial charge in [-0.2, -0.15) is 0 Å². The molecule has 4 nitrogen and oxygen atoms in total. The molecule has 6 rings (SSSR count). The minimum Gasteiger partial charge on any atom is -0.512 e. The van der Waals surface area contributed by atoms with Crippen LogP contribution in [0.25, 0.3) is 44.0 Å². The number of carbonyl (C=O) groups excluding carboxylic acids is 1. The maximum Gasteiger partial charge on any atom is 0.162 e. The fourth-order valence-corrected chi connectivity index (χ4v) is 7.54. The molecule has 52 heavy (non-hydrogen) atoms. The van der Waals surface area contributed by atoms with Crippen molar-refractivity contribution < 1.29 is 45.4 Å². The predicted molar refractivity (Wildman–Crippen MR) is 216 cm³/mol. The summed E-state index contributed by atoms with van der Waals surface area (Å²) >= 11 is 0. The number of pyridine rings is 1. The number of ketones is 1. The van der Waals surface area contributed by atoms with E-state index in [-0.39, 0.29) is 112 Å². The average molecular weight is 887 g/mol. The van der Waals surface area contributed by atoms with Gasteiger partial charge in [-0.15, -0.1) is 29.1 Å². The fourth-order valence-electron chi connectivity index (χ4n) is 7.54. The van der Waals surface area contributed by atoms with Gasteiger partial charge in [0.1, 0.15) is 11.2 Å². The normalized spacial score (nSPS) is 17.9. The molecule has 0 aliphatic heterocycles. The Labute approximate surface area is 337 Å². The standard InChI is InChI=1S/C34H36NO.C13H24O2.Ir/c1-20-17-26-28(34(7,8)15-14-33(26,5)6)31-27(20)24-13-16-35-29(30(24)36-31)22-18-21-11-9-10-12-23(21)25(19-22)32(2,3)4;1-5-10(6-2)12(14)9-13(15)11(7-3)8-4;/h9-13,16-17,19H,14-15H2,1-8H3;9-11,14H,5-8H2,1-4H3;/q-1;;/b;12-9-;/i1D3,9D,10D,11D,12D,19D;;. The molecule has 0 fully saturated rings. The van der Waals surface area contributed by atoms with Gasteiger partial charge >= 0.3 is 0 Å². The van der Waals surface area contributed by atoms with E-state index in [1.165, 1.54) is 6.08 Å². The number of furan rings is 1. The van der Waals surface area contributed by atoms with Crippen molar-refractivity contribution in [2.24, 2.45) is 11.8 Å². The van der Waals surface area contributed by atoms with Crippen LogP contribution in [0.5, 0.6) is 0 Å². The Morgan fingerprint density at radius 1 is 1.00 bits per heavy atom. The maximum absolute atomic E-state index is 11.7. The minimum atomic E-state index is -2.41. The zero-order valence-corrected chi connectivity index (χ0v) is 35.1. The van der Waals surface area contributed by atoms with Crippen LogP contribution in [0, 0.1) is 24.8 Å². The van der Waals surface area contributed by atoms with Gasteiger partial charge in [-0.3, -0.25) is 9.78 Å². The van der Waals surface area contributed by atoms with Crippen LogP contribution in [-0.2, 0) is 41.1 Å². The van der Waals surface area contributed by atoms with Crippen molar-refractivity contribution >= 4 is 38.5 Å². The summed E-state index contributed by atoms with van der Waals surface area (Å²) in [7, 11) is 0. The number of aryl methyl sites for hydroxylation is 1. The van der Waals surface area contributed by atoms with Crippen LogP contribution in [0.4, 0.5) is 0 Å². The Kier molecular flexibility index (Phi) is 9.57. The minimum absolute atomic E-state index is 0. The molecular weight excluding hydrogens is 819 g/mol. The molecule has 5 heteroatoms. The second-order valence-corrected chi connectivity index (χ2v) is 16.5. The monoisotopic (exact) mass is 887 g/mol. The van der Waals surface area contributed by atoms with Crippen molar-refractivity contribution in [3.8, 4) is 11.3 Å². The Morgan fingerprint density at radius 2 is 1.63 bits per heavy atom. The van der Waals surface area contributed by atoms with E-state index in [1.807, 2.05) is 54.5 Å². The van der Waals surface area contributed by atoms with Crippen LogP contribution < -0.4 is 0 Å². The maximum atomic E-state index is 11.7.